The molecule has 1 fully saturated rings. The van der Waals surface area contributed by atoms with Gasteiger partial charge in [0.1, 0.15) is 23.2 Å². The van der Waals surface area contributed by atoms with Gasteiger partial charge in [0.25, 0.3) is 5.91 Å². The summed E-state index contributed by atoms with van der Waals surface area (Å²) in [5.41, 5.74) is 13.0. The largest absolute Gasteiger partial charge is 0.486 e. The number of ether oxygens (including phenoxy) is 1. The molecule has 2 aromatic carbocycles. The molecule has 4 N–H and O–H groups in total. The lowest BCUT2D eigenvalue weighted by Gasteiger charge is -2.40. The third-order valence-electron chi connectivity index (χ3n) is 5.97. The summed E-state index contributed by atoms with van der Waals surface area (Å²) in [4.78, 5) is 24.8. The maximum atomic E-state index is 12.6. The van der Waals surface area contributed by atoms with Crippen LogP contribution in [0.25, 0.3) is 11.0 Å². The average Bonchev–Trinajstić information content (AvgIpc) is 2.98. The highest BCUT2D eigenvalue weighted by Gasteiger charge is 2.48. The monoisotopic (exact) mass is 392 g/mol. The number of carbonyl (C=O) groups is 2. The van der Waals surface area contributed by atoms with Crippen LogP contribution in [-0.2, 0) is 10.2 Å². The van der Waals surface area contributed by atoms with Gasteiger partial charge < -0.3 is 20.6 Å². The molecule has 3 aromatic rings. The Balaban J connectivity index is 1.95. The first-order valence-corrected chi connectivity index (χ1v) is 9.73. The van der Waals surface area contributed by atoms with E-state index in [2.05, 4.69) is 0 Å². The van der Waals surface area contributed by atoms with Gasteiger partial charge in [0, 0.05) is 10.9 Å². The van der Waals surface area contributed by atoms with Gasteiger partial charge in [-0.1, -0.05) is 36.8 Å². The van der Waals surface area contributed by atoms with Crippen LogP contribution in [0.15, 0.2) is 46.9 Å². The lowest BCUT2D eigenvalue weighted by atomic mass is 9.62. The first-order chi connectivity index (χ1) is 13.8. The Kier molecular flexibility index (Phi) is 4.57. The van der Waals surface area contributed by atoms with Crippen molar-refractivity contribution in [2.75, 3.05) is 0 Å². The molecule has 0 radical (unpaired) electrons. The molecule has 0 bridgehead atoms. The number of amides is 2. The molecular weight excluding hydrogens is 368 g/mol. The predicted molar refractivity (Wildman–Crippen MR) is 110 cm³/mol. The molecule has 1 atom stereocenters. The number of aryl methyl sites for hydroxylation is 1. The number of fused-ring (bicyclic) bond motifs is 1. The van der Waals surface area contributed by atoms with Crippen molar-refractivity contribution in [2.24, 2.45) is 11.5 Å². The number of rotatable bonds is 6. The molecule has 6 heteroatoms. The Hall–Kier alpha value is -3.28. The average molecular weight is 392 g/mol. The molecule has 1 aromatic heterocycles. The van der Waals surface area contributed by atoms with Gasteiger partial charge in [-0.05, 0) is 44.4 Å². The van der Waals surface area contributed by atoms with E-state index in [-0.39, 0.29) is 11.7 Å². The van der Waals surface area contributed by atoms with Crippen LogP contribution in [0.4, 0.5) is 0 Å². The Morgan fingerprint density at radius 1 is 1.10 bits per heavy atom. The number of furan rings is 1. The lowest BCUT2D eigenvalue weighted by molar-refractivity contribution is -0.126. The van der Waals surface area contributed by atoms with Crippen molar-refractivity contribution in [3.63, 3.8) is 0 Å². The molecule has 0 aliphatic heterocycles. The van der Waals surface area contributed by atoms with Crippen molar-refractivity contribution in [2.45, 2.75) is 44.6 Å². The van der Waals surface area contributed by atoms with E-state index in [4.69, 9.17) is 20.6 Å². The molecule has 1 aliphatic carbocycles. The maximum Gasteiger partial charge on any atom is 0.252 e. The van der Waals surface area contributed by atoms with E-state index in [0.717, 1.165) is 12.0 Å². The minimum Gasteiger partial charge on any atom is -0.486 e. The molecule has 1 saturated carbocycles. The number of hydrogen-bond acceptors (Lipinski definition) is 4. The van der Waals surface area contributed by atoms with Crippen LogP contribution in [0.1, 0.15) is 59.5 Å². The summed E-state index contributed by atoms with van der Waals surface area (Å²) in [5, 5.41) is 0.534. The van der Waals surface area contributed by atoms with E-state index in [1.165, 1.54) is 0 Å². The maximum absolute atomic E-state index is 12.6. The molecule has 1 aliphatic rings. The number of primary amides is 2. The van der Waals surface area contributed by atoms with Crippen LogP contribution in [-0.4, -0.2) is 11.8 Å². The van der Waals surface area contributed by atoms with Crippen LogP contribution in [0.2, 0.25) is 0 Å². The summed E-state index contributed by atoms with van der Waals surface area (Å²) in [6, 6.07) is 13.3. The van der Waals surface area contributed by atoms with Gasteiger partial charge >= 0.3 is 0 Å². The van der Waals surface area contributed by atoms with Crippen molar-refractivity contribution >= 4 is 22.8 Å². The van der Waals surface area contributed by atoms with Gasteiger partial charge in [0.2, 0.25) is 5.91 Å². The molecule has 1 heterocycles. The van der Waals surface area contributed by atoms with Crippen LogP contribution < -0.4 is 16.2 Å². The topological polar surface area (TPSA) is 109 Å². The molecule has 1 unspecified atom stereocenters. The van der Waals surface area contributed by atoms with Crippen molar-refractivity contribution in [1.82, 2.24) is 0 Å². The van der Waals surface area contributed by atoms with E-state index in [1.54, 1.807) is 19.1 Å². The van der Waals surface area contributed by atoms with Crippen LogP contribution in [0, 0.1) is 6.92 Å². The Labute approximate surface area is 168 Å². The first-order valence-electron chi connectivity index (χ1n) is 9.73. The van der Waals surface area contributed by atoms with Gasteiger partial charge in [0.05, 0.1) is 11.0 Å². The lowest BCUT2D eigenvalue weighted by Crippen LogP contribution is -2.47. The summed E-state index contributed by atoms with van der Waals surface area (Å²) in [6.07, 6.45) is 1.80. The Bertz CT molecular complexity index is 1100. The van der Waals surface area contributed by atoms with Crippen molar-refractivity contribution < 1.29 is 18.7 Å². The molecule has 4 rings (SSSR count). The highest BCUT2D eigenvalue weighted by atomic mass is 16.5. The molecule has 6 nitrogen and oxygen atoms in total. The van der Waals surface area contributed by atoms with Gasteiger partial charge in [-0.15, -0.1) is 0 Å². The second-order valence-corrected chi connectivity index (χ2v) is 7.68. The Morgan fingerprint density at radius 2 is 1.79 bits per heavy atom. The summed E-state index contributed by atoms with van der Waals surface area (Å²) in [6.45, 7) is 3.63. The molecular formula is C23H24N2O4. The zero-order valence-electron chi connectivity index (χ0n) is 16.5. The summed E-state index contributed by atoms with van der Waals surface area (Å²) >= 11 is 0. The number of hydrogen-bond donors (Lipinski definition) is 2. The van der Waals surface area contributed by atoms with Crippen molar-refractivity contribution in [3.8, 4) is 5.75 Å². The highest BCUT2D eigenvalue weighted by Crippen LogP contribution is 2.51. The van der Waals surface area contributed by atoms with Crippen LogP contribution in [0.3, 0.4) is 0 Å². The number of benzene rings is 2. The fourth-order valence-electron chi connectivity index (χ4n) is 4.29. The third-order valence-corrected chi connectivity index (χ3v) is 5.97. The zero-order valence-corrected chi connectivity index (χ0v) is 16.5. The fraction of sp³-hybridized carbons (Fsp3) is 0.304. The van der Waals surface area contributed by atoms with Crippen molar-refractivity contribution in [3.05, 3.63) is 64.9 Å². The first kappa shape index (κ1) is 19.1. The molecule has 0 saturated heterocycles. The minimum atomic E-state index is -0.897. The van der Waals surface area contributed by atoms with E-state index < -0.39 is 17.2 Å². The molecule has 2 amide bonds. The highest BCUT2D eigenvalue weighted by molar-refractivity contribution is 6.10. The third kappa shape index (κ3) is 2.95. The molecule has 0 spiro atoms. The quantitative estimate of drug-likeness (QED) is 0.663. The fourth-order valence-corrected chi connectivity index (χ4v) is 4.29. The number of nitrogens with two attached hydrogens (primary N) is 2. The van der Waals surface area contributed by atoms with Gasteiger partial charge in [0.15, 0.2) is 0 Å². The summed E-state index contributed by atoms with van der Waals surface area (Å²) in [7, 11) is 0. The standard InChI is InChI=1S/C23H24N2O4/c1-13(15-7-4-3-5-8-15)28-17-10-9-16-19(18(21(24)26)14(2)29-16)20(17)23(22(25)27)11-6-12-23/h3-5,7-10,13H,6,11-12H2,1-2H3,(H2,24,26)(H2,25,27). The zero-order chi connectivity index (χ0) is 20.8. The van der Waals surface area contributed by atoms with E-state index in [0.29, 0.717) is 40.9 Å². The van der Waals surface area contributed by atoms with Crippen LogP contribution in [0.5, 0.6) is 5.75 Å². The van der Waals surface area contributed by atoms with Crippen molar-refractivity contribution in [1.29, 1.82) is 0 Å². The number of carbonyl (C=O) groups excluding carboxylic acids is 2. The summed E-state index contributed by atoms with van der Waals surface area (Å²) < 4.78 is 12.1. The van der Waals surface area contributed by atoms with Gasteiger partial charge in [-0.3, -0.25) is 9.59 Å². The molecule has 29 heavy (non-hydrogen) atoms. The minimum absolute atomic E-state index is 0.262. The van der Waals surface area contributed by atoms with E-state index >= 15 is 0 Å². The van der Waals surface area contributed by atoms with E-state index in [1.807, 2.05) is 37.3 Å². The van der Waals surface area contributed by atoms with Crippen LogP contribution >= 0.6 is 0 Å². The Morgan fingerprint density at radius 3 is 2.34 bits per heavy atom. The summed E-state index contributed by atoms with van der Waals surface area (Å²) in [5.74, 6) is -0.0888. The predicted octanol–water partition coefficient (Wildman–Crippen LogP) is 3.89. The second-order valence-electron chi connectivity index (χ2n) is 7.68. The smallest absolute Gasteiger partial charge is 0.252 e. The van der Waals surface area contributed by atoms with Gasteiger partial charge in [-0.25, -0.2) is 0 Å². The second kappa shape index (κ2) is 6.95. The molecule has 150 valence electrons. The van der Waals surface area contributed by atoms with Gasteiger partial charge in [-0.2, -0.15) is 0 Å². The van der Waals surface area contributed by atoms with E-state index in [9.17, 15) is 9.59 Å². The normalized spacial score (nSPS) is 16.2. The SMILES string of the molecule is Cc1oc2ccc(OC(C)c3ccccc3)c(C3(C(N)=O)CCC3)c2c1C(N)=O.